The third-order valence-corrected chi connectivity index (χ3v) is 4.29. The minimum atomic E-state index is 0.103. The van der Waals surface area contributed by atoms with Crippen molar-refractivity contribution in [1.82, 2.24) is 15.1 Å². The monoisotopic (exact) mass is 328 g/mol. The first-order valence-electron chi connectivity index (χ1n) is 8.49. The summed E-state index contributed by atoms with van der Waals surface area (Å²) in [4.78, 5) is 12.0. The number of amides is 1. The van der Waals surface area contributed by atoms with Crippen LogP contribution in [0.1, 0.15) is 25.0 Å². The second-order valence-corrected chi connectivity index (χ2v) is 6.09. The van der Waals surface area contributed by atoms with Crippen LogP contribution in [0.4, 0.5) is 5.82 Å². The molecule has 2 heterocycles. The molecule has 1 aromatic heterocycles. The molecule has 2 aromatic rings. The molecule has 24 heavy (non-hydrogen) atoms. The van der Waals surface area contributed by atoms with Gasteiger partial charge in [-0.3, -0.25) is 4.79 Å². The molecule has 128 valence electrons. The molecule has 3 N–H and O–H groups in total. The van der Waals surface area contributed by atoms with Gasteiger partial charge in [-0.2, -0.15) is 5.10 Å². The molecule has 6 heteroatoms. The molecular formula is C18H24N4O2. The number of anilines is 1. The average Bonchev–Trinajstić information content (AvgIpc) is 3.01. The third-order valence-electron chi connectivity index (χ3n) is 4.29. The molecule has 0 spiro atoms. The number of nitrogens with one attached hydrogen (secondary N) is 1. The van der Waals surface area contributed by atoms with Crippen molar-refractivity contribution in [3.8, 4) is 5.69 Å². The Balaban J connectivity index is 1.46. The highest BCUT2D eigenvalue weighted by atomic mass is 16.5. The van der Waals surface area contributed by atoms with Crippen molar-refractivity contribution < 1.29 is 9.53 Å². The Morgan fingerprint density at radius 2 is 2.04 bits per heavy atom. The van der Waals surface area contributed by atoms with E-state index in [1.807, 2.05) is 36.4 Å². The van der Waals surface area contributed by atoms with E-state index < -0.39 is 0 Å². The van der Waals surface area contributed by atoms with Crippen LogP contribution in [0.15, 0.2) is 36.4 Å². The highest BCUT2D eigenvalue weighted by Crippen LogP contribution is 2.16. The zero-order valence-electron chi connectivity index (χ0n) is 13.8. The van der Waals surface area contributed by atoms with E-state index in [1.54, 1.807) is 4.68 Å². The molecule has 1 aliphatic rings. The second-order valence-electron chi connectivity index (χ2n) is 6.09. The lowest BCUT2D eigenvalue weighted by Crippen LogP contribution is -2.34. The number of para-hydroxylation sites is 1. The number of benzene rings is 1. The van der Waals surface area contributed by atoms with Gasteiger partial charge in [0.05, 0.1) is 11.4 Å². The van der Waals surface area contributed by atoms with Gasteiger partial charge in [-0.05, 0) is 37.8 Å². The van der Waals surface area contributed by atoms with Gasteiger partial charge in [-0.25, -0.2) is 4.68 Å². The van der Waals surface area contributed by atoms with Crippen molar-refractivity contribution in [2.75, 3.05) is 25.5 Å². The van der Waals surface area contributed by atoms with E-state index in [0.29, 0.717) is 25.6 Å². The van der Waals surface area contributed by atoms with E-state index in [4.69, 9.17) is 10.5 Å². The van der Waals surface area contributed by atoms with Crippen molar-refractivity contribution in [3.63, 3.8) is 0 Å². The fraction of sp³-hybridized carbons (Fsp3) is 0.444. The standard InChI is InChI=1S/C18H24N4O2/c19-17-13-15(21-22(17)16-6-2-1-3-7-16)5-4-10-20-18(23)14-8-11-24-12-9-14/h1-3,6-7,13-14H,4-5,8-12,19H2,(H,20,23). The molecule has 1 aliphatic heterocycles. The summed E-state index contributed by atoms with van der Waals surface area (Å²) in [5.74, 6) is 0.877. The Bertz CT molecular complexity index is 663. The first-order valence-corrected chi connectivity index (χ1v) is 8.49. The molecule has 1 fully saturated rings. The zero-order chi connectivity index (χ0) is 16.8. The molecule has 1 aromatic carbocycles. The van der Waals surface area contributed by atoms with E-state index >= 15 is 0 Å². The molecule has 1 saturated heterocycles. The average molecular weight is 328 g/mol. The van der Waals surface area contributed by atoms with Gasteiger partial charge < -0.3 is 15.8 Å². The number of carbonyl (C=O) groups excluding carboxylic acids is 1. The number of aryl methyl sites for hydroxylation is 1. The summed E-state index contributed by atoms with van der Waals surface area (Å²) in [6.07, 6.45) is 3.28. The van der Waals surface area contributed by atoms with E-state index in [1.165, 1.54) is 0 Å². The highest BCUT2D eigenvalue weighted by Gasteiger charge is 2.20. The lowest BCUT2D eigenvalue weighted by atomic mass is 9.99. The number of nitrogen functional groups attached to an aromatic ring is 1. The van der Waals surface area contributed by atoms with Gasteiger partial charge in [0.2, 0.25) is 5.91 Å². The second kappa shape index (κ2) is 7.97. The van der Waals surface area contributed by atoms with Gasteiger partial charge in [0.25, 0.3) is 0 Å². The number of nitrogens with zero attached hydrogens (tertiary/aromatic N) is 2. The lowest BCUT2D eigenvalue weighted by Gasteiger charge is -2.21. The smallest absolute Gasteiger partial charge is 0.223 e. The number of nitrogens with two attached hydrogens (primary N) is 1. The summed E-state index contributed by atoms with van der Waals surface area (Å²) >= 11 is 0. The first-order chi connectivity index (χ1) is 11.7. The van der Waals surface area contributed by atoms with Gasteiger partial charge in [0, 0.05) is 31.7 Å². The quantitative estimate of drug-likeness (QED) is 0.794. The summed E-state index contributed by atoms with van der Waals surface area (Å²) in [5, 5.41) is 7.56. The van der Waals surface area contributed by atoms with Crippen LogP contribution in [-0.4, -0.2) is 35.4 Å². The molecule has 0 atom stereocenters. The molecule has 0 bridgehead atoms. The Morgan fingerprint density at radius 3 is 2.79 bits per heavy atom. The van der Waals surface area contributed by atoms with Gasteiger partial charge >= 0.3 is 0 Å². The number of rotatable bonds is 6. The fourth-order valence-electron chi connectivity index (χ4n) is 2.93. The van der Waals surface area contributed by atoms with Gasteiger partial charge in [-0.15, -0.1) is 0 Å². The Kier molecular flexibility index (Phi) is 5.48. The SMILES string of the molecule is Nc1cc(CCCNC(=O)C2CCOCC2)nn1-c1ccccc1. The van der Waals surface area contributed by atoms with E-state index in [0.717, 1.165) is 37.1 Å². The summed E-state index contributed by atoms with van der Waals surface area (Å²) in [5.41, 5.74) is 7.94. The van der Waals surface area contributed by atoms with Gasteiger partial charge in [0.15, 0.2) is 0 Å². The van der Waals surface area contributed by atoms with Crippen LogP contribution in [-0.2, 0) is 16.0 Å². The van der Waals surface area contributed by atoms with Crippen LogP contribution in [0.5, 0.6) is 0 Å². The van der Waals surface area contributed by atoms with E-state index in [9.17, 15) is 4.79 Å². The summed E-state index contributed by atoms with van der Waals surface area (Å²) < 4.78 is 7.03. The molecule has 1 amide bonds. The van der Waals surface area contributed by atoms with Crippen molar-refractivity contribution in [3.05, 3.63) is 42.1 Å². The van der Waals surface area contributed by atoms with Crippen LogP contribution in [0.25, 0.3) is 5.69 Å². The number of hydrogen-bond donors (Lipinski definition) is 2. The zero-order valence-corrected chi connectivity index (χ0v) is 13.8. The van der Waals surface area contributed by atoms with Crippen molar-refractivity contribution in [1.29, 1.82) is 0 Å². The van der Waals surface area contributed by atoms with Crippen LogP contribution in [0, 0.1) is 5.92 Å². The van der Waals surface area contributed by atoms with Crippen molar-refractivity contribution >= 4 is 11.7 Å². The summed E-state index contributed by atoms with van der Waals surface area (Å²) in [7, 11) is 0. The van der Waals surface area contributed by atoms with Gasteiger partial charge in [0.1, 0.15) is 5.82 Å². The van der Waals surface area contributed by atoms with Crippen LogP contribution in [0.2, 0.25) is 0 Å². The lowest BCUT2D eigenvalue weighted by molar-refractivity contribution is -0.127. The van der Waals surface area contributed by atoms with Crippen LogP contribution in [0.3, 0.4) is 0 Å². The molecule has 0 unspecified atom stereocenters. The minimum absolute atomic E-state index is 0.103. The van der Waals surface area contributed by atoms with E-state index in [2.05, 4.69) is 10.4 Å². The Morgan fingerprint density at radius 1 is 1.29 bits per heavy atom. The fourth-order valence-corrected chi connectivity index (χ4v) is 2.93. The first kappa shape index (κ1) is 16.5. The molecule has 0 aliphatic carbocycles. The van der Waals surface area contributed by atoms with Crippen molar-refractivity contribution in [2.24, 2.45) is 5.92 Å². The molecule has 0 radical (unpaired) electrons. The molecular weight excluding hydrogens is 304 g/mol. The van der Waals surface area contributed by atoms with Crippen LogP contribution >= 0.6 is 0 Å². The predicted octanol–water partition coefficient (Wildman–Crippen LogP) is 1.93. The molecule has 0 saturated carbocycles. The topological polar surface area (TPSA) is 82.2 Å². The number of carbonyl (C=O) groups is 1. The maximum atomic E-state index is 12.0. The number of hydrogen-bond acceptors (Lipinski definition) is 4. The number of ether oxygens (including phenoxy) is 1. The van der Waals surface area contributed by atoms with Crippen LogP contribution < -0.4 is 11.1 Å². The summed E-state index contributed by atoms with van der Waals surface area (Å²) in [6, 6.07) is 11.7. The third kappa shape index (κ3) is 4.14. The molecule has 3 rings (SSSR count). The van der Waals surface area contributed by atoms with Gasteiger partial charge in [-0.1, -0.05) is 18.2 Å². The maximum absolute atomic E-state index is 12.0. The molecule has 6 nitrogen and oxygen atoms in total. The minimum Gasteiger partial charge on any atom is -0.384 e. The van der Waals surface area contributed by atoms with Crippen molar-refractivity contribution in [2.45, 2.75) is 25.7 Å². The summed E-state index contributed by atoms with van der Waals surface area (Å²) in [6.45, 7) is 2.04. The maximum Gasteiger partial charge on any atom is 0.223 e. The number of aromatic nitrogens is 2. The predicted molar refractivity (Wildman–Crippen MR) is 92.9 cm³/mol. The normalized spacial score (nSPS) is 15.3. The Hall–Kier alpha value is -2.34. The van der Waals surface area contributed by atoms with E-state index in [-0.39, 0.29) is 11.8 Å². The Labute approximate surface area is 142 Å². The largest absolute Gasteiger partial charge is 0.384 e. The highest BCUT2D eigenvalue weighted by molar-refractivity contribution is 5.78.